The van der Waals surface area contributed by atoms with Gasteiger partial charge in [0.2, 0.25) is 11.9 Å². The van der Waals surface area contributed by atoms with Crippen LogP contribution in [0.3, 0.4) is 0 Å². The van der Waals surface area contributed by atoms with Gasteiger partial charge in [0, 0.05) is 38.0 Å². The second-order valence-corrected chi connectivity index (χ2v) is 10.5. The third kappa shape index (κ3) is 5.06. The lowest BCUT2D eigenvalue weighted by Crippen LogP contribution is -2.54. The first-order valence-electron chi connectivity index (χ1n) is 11.0. The van der Waals surface area contributed by atoms with Gasteiger partial charge in [-0.3, -0.25) is 4.79 Å². The lowest BCUT2D eigenvalue weighted by atomic mass is 9.97. The van der Waals surface area contributed by atoms with Gasteiger partial charge in [0.05, 0.1) is 25.2 Å². The molecule has 2 aliphatic heterocycles. The number of halogens is 2. The summed E-state index contributed by atoms with van der Waals surface area (Å²) in [5, 5.41) is 2.79. The number of hydrogen-bond acceptors (Lipinski definition) is 8. The van der Waals surface area contributed by atoms with Gasteiger partial charge >= 0.3 is 0 Å². The number of anilines is 2. The molecule has 34 heavy (non-hydrogen) atoms. The van der Waals surface area contributed by atoms with Gasteiger partial charge in [0.15, 0.2) is 15.6 Å². The van der Waals surface area contributed by atoms with Gasteiger partial charge in [-0.2, -0.15) is 0 Å². The monoisotopic (exact) mass is 495 g/mol. The van der Waals surface area contributed by atoms with Crippen molar-refractivity contribution in [2.75, 3.05) is 43.2 Å². The van der Waals surface area contributed by atoms with Gasteiger partial charge in [-0.1, -0.05) is 0 Å². The van der Waals surface area contributed by atoms with Crippen LogP contribution in [0.2, 0.25) is 0 Å². The van der Waals surface area contributed by atoms with E-state index >= 15 is 0 Å². The lowest BCUT2D eigenvalue weighted by Gasteiger charge is -2.42. The van der Waals surface area contributed by atoms with Crippen LogP contribution in [0.4, 0.5) is 20.4 Å². The molecule has 0 spiro atoms. The average Bonchev–Trinajstić information content (AvgIpc) is 2.82. The number of carbonyl (C=O) groups excluding carboxylic acids is 1. The molecule has 9 nitrogen and oxygen atoms in total. The largest absolute Gasteiger partial charge is 0.494 e. The number of methoxy groups -OCH3 is 1. The smallest absolute Gasteiger partial charge is 0.245 e. The molecule has 0 bridgehead atoms. The van der Waals surface area contributed by atoms with Gasteiger partial charge in [-0.15, -0.1) is 0 Å². The Bertz CT molecular complexity index is 1150. The van der Waals surface area contributed by atoms with Crippen LogP contribution in [-0.2, 0) is 14.6 Å². The number of rotatable bonds is 6. The minimum absolute atomic E-state index is 0.0285. The molecule has 1 aromatic carbocycles. The Morgan fingerprint density at radius 1 is 1.06 bits per heavy atom. The third-order valence-electron chi connectivity index (χ3n) is 6.26. The normalized spacial score (nSPS) is 19.9. The quantitative estimate of drug-likeness (QED) is 0.651. The van der Waals surface area contributed by atoms with Gasteiger partial charge in [0.25, 0.3) is 0 Å². The molecular formula is C22H27F2N5O4S. The van der Waals surface area contributed by atoms with Crippen LogP contribution < -0.4 is 15.0 Å². The Morgan fingerprint density at radius 3 is 2.35 bits per heavy atom. The van der Waals surface area contributed by atoms with E-state index in [0.717, 1.165) is 31.6 Å². The molecule has 12 heteroatoms. The van der Waals surface area contributed by atoms with Gasteiger partial charge < -0.3 is 19.9 Å². The van der Waals surface area contributed by atoms with Crippen molar-refractivity contribution in [3.8, 4) is 5.75 Å². The number of sulfone groups is 1. The zero-order valence-corrected chi connectivity index (χ0v) is 19.8. The number of amides is 1. The highest BCUT2D eigenvalue weighted by molar-refractivity contribution is 7.90. The molecule has 0 radical (unpaired) electrons. The molecule has 2 aromatic rings. The zero-order valence-electron chi connectivity index (χ0n) is 19.0. The molecule has 2 aliphatic rings. The van der Waals surface area contributed by atoms with E-state index in [9.17, 15) is 22.0 Å². The first-order chi connectivity index (χ1) is 16.2. The Labute approximate surface area is 197 Å². The number of hydrogen-bond donors (Lipinski definition) is 1. The number of nitrogens with zero attached hydrogens (tertiary/aromatic N) is 4. The number of aromatic nitrogens is 2. The van der Waals surface area contributed by atoms with Crippen LogP contribution >= 0.6 is 0 Å². The van der Waals surface area contributed by atoms with Crippen molar-refractivity contribution in [3.63, 3.8) is 0 Å². The molecule has 1 N–H and O–H groups in total. The topological polar surface area (TPSA) is 105 Å². The molecule has 3 heterocycles. The van der Waals surface area contributed by atoms with Crippen LogP contribution in [0.15, 0.2) is 29.4 Å². The highest BCUT2D eigenvalue weighted by Gasteiger charge is 2.35. The molecule has 0 aliphatic carbocycles. The predicted octanol–water partition coefficient (Wildman–Crippen LogP) is 2.24. The van der Waals surface area contributed by atoms with Gasteiger partial charge in [-0.05, 0) is 31.7 Å². The SMILES string of the molecule is COc1cnc(N2CCC(N3CCC[C@H](Nc4cc(F)c(S(C)(=O)=O)cc4F)C3=O)CC2)nc1. The highest BCUT2D eigenvalue weighted by Crippen LogP contribution is 2.28. The standard InChI is InChI=1S/C22H27F2N5O4S/c1-33-15-12-25-22(26-13-15)28-8-5-14(6-9-28)29-7-3-4-18(21(29)30)27-19-10-17(24)20(11-16(19)23)34(2,31)32/h10-14,18,27H,3-9H2,1-2H3/t18-/m0/s1. The number of benzene rings is 1. The second-order valence-electron chi connectivity index (χ2n) is 8.55. The summed E-state index contributed by atoms with van der Waals surface area (Å²) in [6, 6.07) is 0.760. The van der Waals surface area contributed by atoms with Gasteiger partial charge in [-0.25, -0.2) is 27.2 Å². The molecular weight excluding hydrogens is 468 g/mol. The maximum absolute atomic E-state index is 14.5. The first kappa shape index (κ1) is 24.1. The number of piperidine rings is 2. The van der Waals surface area contributed by atoms with E-state index in [1.807, 2.05) is 4.90 Å². The minimum atomic E-state index is -3.91. The molecule has 2 saturated heterocycles. The summed E-state index contributed by atoms with van der Waals surface area (Å²) < 4.78 is 57.1. The third-order valence-corrected chi connectivity index (χ3v) is 7.37. The Morgan fingerprint density at radius 2 is 1.74 bits per heavy atom. The molecule has 184 valence electrons. The van der Waals surface area contributed by atoms with Crippen LogP contribution in [0, 0.1) is 11.6 Å². The Hall–Kier alpha value is -3.02. The van der Waals surface area contributed by atoms with Gasteiger partial charge in [0.1, 0.15) is 22.6 Å². The lowest BCUT2D eigenvalue weighted by molar-refractivity contribution is -0.137. The van der Waals surface area contributed by atoms with Crippen molar-refractivity contribution in [3.05, 3.63) is 36.2 Å². The summed E-state index contributed by atoms with van der Waals surface area (Å²) in [5.74, 6) is -0.950. The molecule has 4 rings (SSSR count). The van der Waals surface area contributed by atoms with E-state index in [2.05, 4.69) is 20.2 Å². The van der Waals surface area contributed by atoms with Crippen LogP contribution in [-0.4, -0.2) is 74.3 Å². The fourth-order valence-corrected chi connectivity index (χ4v) is 5.19. The van der Waals surface area contributed by atoms with Crippen molar-refractivity contribution < 1.29 is 26.7 Å². The van der Waals surface area contributed by atoms with E-state index in [1.54, 1.807) is 19.5 Å². The summed E-state index contributed by atoms with van der Waals surface area (Å²) in [7, 11) is -2.35. The number of likely N-dealkylation sites (tertiary alicyclic amines) is 1. The van der Waals surface area contributed by atoms with Crippen LogP contribution in [0.5, 0.6) is 5.75 Å². The summed E-state index contributed by atoms with van der Waals surface area (Å²) in [4.78, 5) is 25.0. The van der Waals surface area contributed by atoms with E-state index in [1.165, 1.54) is 0 Å². The number of nitrogens with one attached hydrogen (secondary N) is 1. The zero-order chi connectivity index (χ0) is 24.5. The average molecular weight is 496 g/mol. The number of carbonyl (C=O) groups is 1. The van der Waals surface area contributed by atoms with E-state index in [4.69, 9.17) is 4.74 Å². The molecule has 1 amide bonds. The van der Waals surface area contributed by atoms with Crippen molar-refractivity contribution in [2.45, 2.75) is 42.7 Å². The van der Waals surface area contributed by atoms with Crippen molar-refractivity contribution in [2.24, 2.45) is 0 Å². The molecule has 1 aromatic heterocycles. The van der Waals surface area contributed by atoms with Crippen LogP contribution in [0.1, 0.15) is 25.7 Å². The van der Waals surface area contributed by atoms with Crippen LogP contribution in [0.25, 0.3) is 0 Å². The Balaban J connectivity index is 1.40. The molecule has 1 atom stereocenters. The summed E-state index contributed by atoms with van der Waals surface area (Å²) in [6.45, 7) is 1.97. The minimum Gasteiger partial charge on any atom is -0.494 e. The first-order valence-corrected chi connectivity index (χ1v) is 12.9. The maximum atomic E-state index is 14.5. The van der Waals surface area contributed by atoms with E-state index < -0.39 is 32.4 Å². The molecule has 0 unspecified atom stereocenters. The molecule has 2 fully saturated rings. The summed E-state index contributed by atoms with van der Waals surface area (Å²) in [5.41, 5.74) is -0.225. The van der Waals surface area contributed by atoms with Crippen molar-refractivity contribution in [1.29, 1.82) is 0 Å². The second kappa shape index (κ2) is 9.69. The maximum Gasteiger partial charge on any atom is 0.245 e. The summed E-state index contributed by atoms with van der Waals surface area (Å²) >= 11 is 0. The van der Waals surface area contributed by atoms with E-state index in [0.29, 0.717) is 43.8 Å². The highest BCUT2D eigenvalue weighted by atomic mass is 32.2. The fourth-order valence-electron chi connectivity index (χ4n) is 4.46. The van der Waals surface area contributed by atoms with E-state index in [-0.39, 0.29) is 17.6 Å². The summed E-state index contributed by atoms with van der Waals surface area (Å²) in [6.07, 6.45) is 6.71. The Kier molecular flexibility index (Phi) is 6.87. The predicted molar refractivity (Wildman–Crippen MR) is 122 cm³/mol. The van der Waals surface area contributed by atoms with Crippen molar-refractivity contribution >= 4 is 27.4 Å². The fraction of sp³-hybridized carbons (Fsp3) is 0.500. The molecule has 0 saturated carbocycles. The van der Waals surface area contributed by atoms with Crippen molar-refractivity contribution in [1.82, 2.24) is 14.9 Å². The number of ether oxygens (including phenoxy) is 1.